The highest BCUT2D eigenvalue weighted by atomic mass is 16.2. The molecular formula is C17H27N3O. The first kappa shape index (κ1) is 14.6. The maximum Gasteiger partial charge on any atom is 0.224 e. The van der Waals surface area contributed by atoms with Crippen LogP contribution in [0, 0.1) is 0 Å². The van der Waals surface area contributed by atoms with Gasteiger partial charge in [0.15, 0.2) is 0 Å². The van der Waals surface area contributed by atoms with Crippen LogP contribution in [0.25, 0.3) is 0 Å². The van der Waals surface area contributed by atoms with Crippen LogP contribution in [0.5, 0.6) is 0 Å². The molecule has 1 amide bonds. The van der Waals surface area contributed by atoms with E-state index in [0.29, 0.717) is 18.4 Å². The molecule has 4 heteroatoms. The first-order chi connectivity index (χ1) is 10.3. The molecule has 3 rings (SSSR count). The second-order valence-corrected chi connectivity index (χ2v) is 6.49. The number of aryl methyl sites for hydroxylation is 1. The molecule has 21 heavy (non-hydrogen) atoms. The van der Waals surface area contributed by atoms with Gasteiger partial charge in [-0.3, -0.25) is 4.79 Å². The van der Waals surface area contributed by atoms with E-state index in [0.717, 1.165) is 32.4 Å². The number of likely N-dealkylation sites (tertiary alicyclic amines) is 1. The van der Waals surface area contributed by atoms with Crippen molar-refractivity contribution in [1.29, 1.82) is 0 Å². The van der Waals surface area contributed by atoms with E-state index in [9.17, 15) is 4.79 Å². The van der Waals surface area contributed by atoms with E-state index in [-0.39, 0.29) is 6.04 Å². The van der Waals surface area contributed by atoms with Gasteiger partial charge in [-0.2, -0.15) is 0 Å². The van der Waals surface area contributed by atoms with E-state index in [1.54, 1.807) is 0 Å². The molecule has 0 aromatic carbocycles. The van der Waals surface area contributed by atoms with Gasteiger partial charge in [0, 0.05) is 37.9 Å². The van der Waals surface area contributed by atoms with Crippen LogP contribution < -0.4 is 5.32 Å². The van der Waals surface area contributed by atoms with Crippen molar-refractivity contribution in [3.05, 3.63) is 24.0 Å². The Labute approximate surface area is 127 Å². The molecule has 2 atom stereocenters. The predicted molar refractivity (Wildman–Crippen MR) is 84.0 cm³/mol. The summed E-state index contributed by atoms with van der Waals surface area (Å²) in [4.78, 5) is 15.0. The maximum atomic E-state index is 12.8. The lowest BCUT2D eigenvalue weighted by Gasteiger charge is -2.31. The Kier molecular flexibility index (Phi) is 4.63. The summed E-state index contributed by atoms with van der Waals surface area (Å²) < 4.78 is 2.17. The normalized spacial score (nSPS) is 26.8. The lowest BCUT2D eigenvalue weighted by atomic mass is 10.0. The molecule has 4 nitrogen and oxygen atoms in total. The molecule has 0 spiro atoms. The topological polar surface area (TPSA) is 37.3 Å². The molecule has 2 saturated heterocycles. The fourth-order valence-corrected chi connectivity index (χ4v) is 3.79. The van der Waals surface area contributed by atoms with E-state index in [1.165, 1.54) is 25.0 Å². The summed E-state index contributed by atoms with van der Waals surface area (Å²) >= 11 is 0. The number of aromatic nitrogens is 1. The third-order valence-corrected chi connectivity index (χ3v) is 4.98. The monoisotopic (exact) mass is 289 g/mol. The van der Waals surface area contributed by atoms with Gasteiger partial charge in [-0.1, -0.05) is 12.8 Å². The van der Waals surface area contributed by atoms with Crippen molar-refractivity contribution < 1.29 is 4.79 Å². The molecule has 3 heterocycles. The Bertz CT molecular complexity index is 476. The fourth-order valence-electron chi connectivity index (χ4n) is 3.79. The molecule has 2 fully saturated rings. The number of hydrogen-bond acceptors (Lipinski definition) is 2. The van der Waals surface area contributed by atoms with Crippen molar-refractivity contribution in [2.75, 3.05) is 13.1 Å². The highest BCUT2D eigenvalue weighted by Crippen LogP contribution is 2.31. The second kappa shape index (κ2) is 6.65. The highest BCUT2D eigenvalue weighted by Gasteiger charge is 2.30. The predicted octanol–water partition coefficient (Wildman–Crippen LogP) is 2.61. The summed E-state index contributed by atoms with van der Waals surface area (Å²) in [5.41, 5.74) is 1.28. The molecule has 2 aliphatic heterocycles. The molecule has 0 bridgehead atoms. The number of rotatable bonds is 3. The second-order valence-electron chi connectivity index (χ2n) is 6.49. The number of hydrogen-bond donors (Lipinski definition) is 1. The maximum absolute atomic E-state index is 12.8. The van der Waals surface area contributed by atoms with Gasteiger partial charge >= 0.3 is 0 Å². The smallest absolute Gasteiger partial charge is 0.224 e. The highest BCUT2D eigenvalue weighted by molar-refractivity contribution is 5.77. The van der Waals surface area contributed by atoms with Crippen LogP contribution in [-0.2, 0) is 11.8 Å². The van der Waals surface area contributed by atoms with Crippen LogP contribution in [0.1, 0.15) is 56.7 Å². The van der Waals surface area contributed by atoms with Crippen molar-refractivity contribution >= 4 is 5.91 Å². The zero-order valence-electron chi connectivity index (χ0n) is 13.1. The van der Waals surface area contributed by atoms with E-state index in [2.05, 4.69) is 40.2 Å². The quantitative estimate of drug-likeness (QED) is 0.928. The van der Waals surface area contributed by atoms with Gasteiger partial charge in [0.1, 0.15) is 0 Å². The van der Waals surface area contributed by atoms with Crippen molar-refractivity contribution in [1.82, 2.24) is 14.8 Å². The third-order valence-electron chi connectivity index (χ3n) is 4.98. The van der Waals surface area contributed by atoms with Gasteiger partial charge in [-0.15, -0.1) is 0 Å². The van der Waals surface area contributed by atoms with E-state index >= 15 is 0 Å². The Hall–Kier alpha value is -1.29. The zero-order valence-corrected chi connectivity index (χ0v) is 13.1. The Morgan fingerprint density at radius 3 is 2.90 bits per heavy atom. The summed E-state index contributed by atoms with van der Waals surface area (Å²) in [5, 5.41) is 3.45. The number of nitrogens with zero attached hydrogens (tertiary/aromatic N) is 2. The van der Waals surface area contributed by atoms with Gasteiger partial charge in [0.05, 0.1) is 6.04 Å². The van der Waals surface area contributed by atoms with Crippen LogP contribution in [0.15, 0.2) is 18.3 Å². The van der Waals surface area contributed by atoms with Crippen LogP contribution >= 0.6 is 0 Å². The molecule has 2 unspecified atom stereocenters. The van der Waals surface area contributed by atoms with Gasteiger partial charge in [-0.25, -0.2) is 0 Å². The SMILES string of the molecule is Cn1cccc1C1CCCCCN1C(=O)CC1CCCN1. The largest absolute Gasteiger partial charge is 0.353 e. The summed E-state index contributed by atoms with van der Waals surface area (Å²) in [7, 11) is 2.08. The summed E-state index contributed by atoms with van der Waals surface area (Å²) in [5.74, 6) is 0.336. The molecule has 2 aliphatic rings. The lowest BCUT2D eigenvalue weighted by molar-refractivity contribution is -0.134. The fraction of sp³-hybridized carbons (Fsp3) is 0.706. The van der Waals surface area contributed by atoms with Crippen LogP contribution in [0.3, 0.4) is 0 Å². The number of carbonyl (C=O) groups is 1. The third kappa shape index (κ3) is 3.31. The first-order valence-electron chi connectivity index (χ1n) is 8.40. The molecule has 1 aromatic heterocycles. The number of amides is 1. The average molecular weight is 289 g/mol. The first-order valence-corrected chi connectivity index (χ1v) is 8.40. The Balaban J connectivity index is 1.75. The summed E-state index contributed by atoms with van der Waals surface area (Å²) in [6, 6.07) is 4.92. The van der Waals surface area contributed by atoms with Crippen molar-refractivity contribution in [3.63, 3.8) is 0 Å². The van der Waals surface area contributed by atoms with Gasteiger partial charge in [-0.05, 0) is 44.4 Å². The Morgan fingerprint density at radius 2 is 2.19 bits per heavy atom. The van der Waals surface area contributed by atoms with Crippen LogP contribution in [0.4, 0.5) is 0 Å². The summed E-state index contributed by atoms with van der Waals surface area (Å²) in [6.07, 6.45) is 9.82. The molecular weight excluding hydrogens is 262 g/mol. The van der Waals surface area contributed by atoms with Crippen LogP contribution in [0.2, 0.25) is 0 Å². The van der Waals surface area contributed by atoms with Crippen molar-refractivity contribution in [3.8, 4) is 0 Å². The average Bonchev–Trinajstić information content (AvgIpc) is 3.05. The van der Waals surface area contributed by atoms with Gasteiger partial charge in [0.25, 0.3) is 0 Å². The standard InChI is InChI=1S/C17H27N3O/c1-19-11-6-9-15(19)16-8-3-2-4-12-20(16)17(21)13-14-7-5-10-18-14/h6,9,11,14,16,18H,2-5,7-8,10,12-13H2,1H3. The Morgan fingerprint density at radius 1 is 1.29 bits per heavy atom. The lowest BCUT2D eigenvalue weighted by Crippen LogP contribution is -2.39. The molecule has 1 N–H and O–H groups in total. The molecule has 116 valence electrons. The van der Waals surface area contributed by atoms with E-state index in [4.69, 9.17) is 0 Å². The summed E-state index contributed by atoms with van der Waals surface area (Å²) in [6.45, 7) is 1.99. The van der Waals surface area contributed by atoms with Gasteiger partial charge in [0.2, 0.25) is 5.91 Å². The number of carbonyl (C=O) groups excluding carboxylic acids is 1. The van der Waals surface area contributed by atoms with E-state index in [1.807, 2.05) is 0 Å². The molecule has 1 aromatic rings. The van der Waals surface area contributed by atoms with Gasteiger partial charge < -0.3 is 14.8 Å². The zero-order chi connectivity index (χ0) is 14.7. The van der Waals surface area contributed by atoms with Crippen molar-refractivity contribution in [2.24, 2.45) is 7.05 Å². The van der Waals surface area contributed by atoms with Crippen molar-refractivity contribution in [2.45, 2.75) is 57.0 Å². The molecule has 0 radical (unpaired) electrons. The van der Waals surface area contributed by atoms with E-state index < -0.39 is 0 Å². The minimum absolute atomic E-state index is 0.265. The van der Waals surface area contributed by atoms with Crippen LogP contribution in [-0.4, -0.2) is 34.5 Å². The molecule has 0 saturated carbocycles. The molecule has 0 aliphatic carbocycles. The minimum atomic E-state index is 0.265. The number of nitrogens with one attached hydrogen (secondary N) is 1. The minimum Gasteiger partial charge on any atom is -0.353 e.